The molecular formula is C24H21IN4O6. The number of aryl methyl sites for hydroxylation is 1. The van der Waals surface area contributed by atoms with Crippen molar-refractivity contribution < 1.29 is 24.0 Å². The molecule has 0 aliphatic rings. The van der Waals surface area contributed by atoms with Crippen LogP contribution in [0.2, 0.25) is 0 Å². The summed E-state index contributed by atoms with van der Waals surface area (Å²) in [4.78, 5) is 34.6. The van der Waals surface area contributed by atoms with Gasteiger partial charge in [0.05, 0.1) is 21.8 Å². The van der Waals surface area contributed by atoms with Crippen molar-refractivity contribution in [2.45, 2.75) is 6.92 Å². The molecule has 35 heavy (non-hydrogen) atoms. The minimum atomic E-state index is -0.543. The number of anilines is 1. The van der Waals surface area contributed by atoms with E-state index in [2.05, 4.69) is 38.4 Å². The molecule has 180 valence electrons. The summed E-state index contributed by atoms with van der Waals surface area (Å²) < 4.78 is 11.8. The summed E-state index contributed by atoms with van der Waals surface area (Å²) in [5.41, 5.74) is 4.87. The highest BCUT2D eigenvalue weighted by molar-refractivity contribution is 14.1. The van der Waals surface area contributed by atoms with Crippen LogP contribution < -0.4 is 20.2 Å². The molecule has 3 rings (SSSR count). The summed E-state index contributed by atoms with van der Waals surface area (Å²) in [6.07, 6.45) is 1.42. The highest BCUT2D eigenvalue weighted by Gasteiger charge is 2.14. The Morgan fingerprint density at radius 3 is 2.43 bits per heavy atom. The predicted octanol–water partition coefficient (Wildman–Crippen LogP) is 4.30. The number of halogens is 1. The average molecular weight is 588 g/mol. The van der Waals surface area contributed by atoms with Crippen molar-refractivity contribution in [3.05, 3.63) is 91.0 Å². The van der Waals surface area contributed by atoms with Gasteiger partial charge in [0, 0.05) is 23.4 Å². The Hall–Kier alpha value is -4.00. The molecule has 0 bridgehead atoms. The number of hydrogen-bond donors (Lipinski definition) is 2. The van der Waals surface area contributed by atoms with Gasteiger partial charge in [0.15, 0.2) is 18.1 Å². The van der Waals surface area contributed by atoms with E-state index in [0.717, 1.165) is 5.56 Å². The van der Waals surface area contributed by atoms with Crippen molar-refractivity contribution in [3.63, 3.8) is 0 Å². The van der Waals surface area contributed by atoms with Gasteiger partial charge in [0.2, 0.25) is 0 Å². The van der Waals surface area contributed by atoms with Crippen LogP contribution in [0.25, 0.3) is 0 Å². The van der Waals surface area contributed by atoms with Gasteiger partial charge in [-0.3, -0.25) is 19.7 Å². The van der Waals surface area contributed by atoms with E-state index in [0.29, 0.717) is 26.3 Å². The number of benzene rings is 3. The molecule has 0 spiro atoms. The minimum absolute atomic E-state index is 0.110. The Morgan fingerprint density at radius 1 is 1.11 bits per heavy atom. The first-order valence-corrected chi connectivity index (χ1v) is 11.3. The van der Waals surface area contributed by atoms with Crippen molar-refractivity contribution in [3.8, 4) is 11.5 Å². The molecule has 2 N–H and O–H groups in total. The number of nitrogens with zero attached hydrogens (tertiary/aromatic N) is 2. The van der Waals surface area contributed by atoms with Gasteiger partial charge >= 0.3 is 0 Å². The largest absolute Gasteiger partial charge is 0.493 e. The molecule has 2 amide bonds. The third kappa shape index (κ3) is 7.24. The number of hydrogen-bond acceptors (Lipinski definition) is 7. The van der Waals surface area contributed by atoms with Crippen LogP contribution in [0.4, 0.5) is 11.4 Å². The smallest absolute Gasteiger partial charge is 0.271 e. The van der Waals surface area contributed by atoms with E-state index in [1.807, 2.05) is 31.2 Å². The van der Waals surface area contributed by atoms with Gasteiger partial charge in [-0.2, -0.15) is 5.10 Å². The summed E-state index contributed by atoms with van der Waals surface area (Å²) >= 11 is 2.05. The predicted molar refractivity (Wildman–Crippen MR) is 139 cm³/mol. The van der Waals surface area contributed by atoms with Gasteiger partial charge in [-0.05, 0) is 71.5 Å². The second-order valence-electron chi connectivity index (χ2n) is 7.24. The fraction of sp³-hybridized carbons (Fsp3) is 0.125. The Balaban J connectivity index is 1.61. The molecule has 0 saturated heterocycles. The Labute approximate surface area is 214 Å². The van der Waals surface area contributed by atoms with Crippen LogP contribution in [0, 0.1) is 20.6 Å². The van der Waals surface area contributed by atoms with Gasteiger partial charge < -0.3 is 14.8 Å². The number of hydrazone groups is 1. The summed E-state index contributed by atoms with van der Waals surface area (Å²) in [6.45, 7) is 1.75. The normalized spacial score (nSPS) is 10.6. The quantitative estimate of drug-likeness (QED) is 0.166. The first kappa shape index (κ1) is 25.6. The molecule has 0 radical (unpaired) electrons. The molecule has 0 aromatic heterocycles. The second kappa shape index (κ2) is 11.9. The summed E-state index contributed by atoms with van der Waals surface area (Å²) in [7, 11) is 1.47. The van der Waals surface area contributed by atoms with E-state index in [1.54, 1.807) is 12.1 Å². The fourth-order valence-electron chi connectivity index (χ4n) is 2.89. The number of carbonyl (C=O) groups excluding carboxylic acids is 2. The van der Waals surface area contributed by atoms with E-state index >= 15 is 0 Å². The molecule has 3 aromatic carbocycles. The van der Waals surface area contributed by atoms with Crippen LogP contribution in [-0.2, 0) is 4.79 Å². The number of nitro groups is 1. The standard InChI is InChI=1S/C24H21IN4O6/c1-15-3-7-18(8-4-15)27-22(30)14-35-23-20(25)11-16(12-21(23)34-2)13-26-28-24(31)17-5-9-19(10-6-17)29(32)33/h3-13H,14H2,1-2H3,(H,27,30)(H,28,31)/b26-13+. The first-order valence-electron chi connectivity index (χ1n) is 10.2. The molecule has 0 unspecified atom stereocenters. The molecule has 0 saturated carbocycles. The van der Waals surface area contributed by atoms with Crippen LogP contribution in [-0.4, -0.2) is 36.7 Å². The third-order valence-electron chi connectivity index (χ3n) is 4.65. The zero-order valence-corrected chi connectivity index (χ0v) is 20.9. The van der Waals surface area contributed by atoms with Gasteiger partial charge in [-0.25, -0.2) is 5.43 Å². The lowest BCUT2D eigenvalue weighted by Crippen LogP contribution is -2.20. The van der Waals surface area contributed by atoms with Crippen LogP contribution in [0.15, 0.2) is 65.8 Å². The number of nitro benzene ring substituents is 1. The van der Waals surface area contributed by atoms with E-state index in [9.17, 15) is 19.7 Å². The number of ether oxygens (including phenoxy) is 2. The first-order chi connectivity index (χ1) is 16.8. The molecule has 11 heteroatoms. The zero-order valence-electron chi connectivity index (χ0n) is 18.8. The Bertz CT molecular complexity index is 1260. The Morgan fingerprint density at radius 2 is 1.80 bits per heavy atom. The number of rotatable bonds is 9. The Kier molecular flexibility index (Phi) is 8.73. The molecule has 3 aromatic rings. The SMILES string of the molecule is COc1cc(/C=N/NC(=O)c2ccc([N+](=O)[O-])cc2)cc(I)c1OCC(=O)Nc1ccc(C)cc1. The van der Waals surface area contributed by atoms with Crippen molar-refractivity contribution >= 4 is 52.0 Å². The highest BCUT2D eigenvalue weighted by Crippen LogP contribution is 2.33. The van der Waals surface area contributed by atoms with Crippen molar-refractivity contribution in [2.75, 3.05) is 19.0 Å². The summed E-state index contributed by atoms with van der Waals surface area (Å²) in [6, 6.07) is 16.0. The fourth-order valence-corrected chi connectivity index (χ4v) is 3.67. The van der Waals surface area contributed by atoms with Crippen LogP contribution >= 0.6 is 22.6 Å². The zero-order chi connectivity index (χ0) is 25.4. The minimum Gasteiger partial charge on any atom is -0.493 e. The third-order valence-corrected chi connectivity index (χ3v) is 5.46. The molecule has 0 aliphatic heterocycles. The van der Waals surface area contributed by atoms with Crippen LogP contribution in [0.3, 0.4) is 0 Å². The van der Waals surface area contributed by atoms with Gasteiger partial charge in [0.25, 0.3) is 17.5 Å². The average Bonchev–Trinajstić information content (AvgIpc) is 2.84. The van der Waals surface area contributed by atoms with Gasteiger partial charge in [0.1, 0.15) is 0 Å². The molecule has 0 fully saturated rings. The van der Waals surface area contributed by atoms with E-state index in [1.165, 1.54) is 37.6 Å². The van der Waals surface area contributed by atoms with E-state index < -0.39 is 10.8 Å². The van der Waals surface area contributed by atoms with E-state index in [-0.39, 0.29) is 23.8 Å². The van der Waals surface area contributed by atoms with E-state index in [4.69, 9.17) is 9.47 Å². The van der Waals surface area contributed by atoms with Gasteiger partial charge in [-0.1, -0.05) is 17.7 Å². The molecule has 0 atom stereocenters. The molecule has 10 nitrogen and oxygen atoms in total. The maximum absolute atomic E-state index is 12.2. The lowest BCUT2D eigenvalue weighted by atomic mass is 10.2. The lowest BCUT2D eigenvalue weighted by Gasteiger charge is -2.13. The number of amides is 2. The second-order valence-corrected chi connectivity index (χ2v) is 8.40. The highest BCUT2D eigenvalue weighted by atomic mass is 127. The molecule has 0 heterocycles. The van der Waals surface area contributed by atoms with Crippen molar-refractivity contribution in [2.24, 2.45) is 5.10 Å². The topological polar surface area (TPSA) is 132 Å². The van der Waals surface area contributed by atoms with Gasteiger partial charge in [-0.15, -0.1) is 0 Å². The number of nitrogens with one attached hydrogen (secondary N) is 2. The molecule has 0 aliphatic carbocycles. The number of carbonyl (C=O) groups is 2. The van der Waals surface area contributed by atoms with Crippen LogP contribution in [0.1, 0.15) is 21.5 Å². The summed E-state index contributed by atoms with van der Waals surface area (Å²) in [5, 5.41) is 17.4. The maximum Gasteiger partial charge on any atom is 0.271 e. The number of methoxy groups -OCH3 is 1. The number of non-ortho nitro benzene ring substituents is 1. The van der Waals surface area contributed by atoms with Crippen molar-refractivity contribution in [1.82, 2.24) is 5.43 Å². The molecular weight excluding hydrogens is 567 g/mol. The monoisotopic (exact) mass is 588 g/mol. The maximum atomic E-state index is 12.2. The lowest BCUT2D eigenvalue weighted by molar-refractivity contribution is -0.384. The van der Waals surface area contributed by atoms with Crippen molar-refractivity contribution in [1.29, 1.82) is 0 Å². The summed E-state index contributed by atoms with van der Waals surface area (Å²) in [5.74, 6) is -0.0361. The van der Waals surface area contributed by atoms with Crippen LogP contribution in [0.5, 0.6) is 11.5 Å².